The summed E-state index contributed by atoms with van der Waals surface area (Å²) < 4.78 is 5.11. The fourth-order valence-corrected chi connectivity index (χ4v) is 1.79. The molecule has 1 atom stereocenters. The van der Waals surface area contributed by atoms with E-state index < -0.39 is 0 Å². The van der Waals surface area contributed by atoms with E-state index in [-0.39, 0.29) is 0 Å². The minimum atomic E-state index is 0.582. The molecule has 2 nitrogen and oxygen atoms in total. The number of nitrogens with one attached hydrogen (secondary N) is 1. The summed E-state index contributed by atoms with van der Waals surface area (Å²) in [6, 6.07) is 0.582. The van der Waals surface area contributed by atoms with E-state index >= 15 is 0 Å². The first-order valence-corrected chi connectivity index (χ1v) is 4.68. The van der Waals surface area contributed by atoms with Gasteiger partial charge in [0.15, 0.2) is 0 Å². The third kappa shape index (κ3) is 1.69. The van der Waals surface area contributed by atoms with E-state index in [0.717, 1.165) is 13.2 Å². The lowest BCUT2D eigenvalue weighted by atomic mass is 9.97. The molecular weight excluding hydrogens is 150 g/mol. The van der Waals surface area contributed by atoms with Crippen molar-refractivity contribution in [1.82, 2.24) is 5.32 Å². The summed E-state index contributed by atoms with van der Waals surface area (Å²) in [5.41, 5.74) is 1.40. The first-order valence-electron chi connectivity index (χ1n) is 4.68. The van der Waals surface area contributed by atoms with Crippen molar-refractivity contribution in [3.8, 4) is 0 Å². The lowest BCUT2D eigenvalue weighted by Gasteiger charge is -2.25. The quantitative estimate of drug-likeness (QED) is 0.637. The first kappa shape index (κ1) is 7.87. The molecule has 0 saturated carbocycles. The molecule has 1 unspecified atom stereocenters. The summed E-state index contributed by atoms with van der Waals surface area (Å²) in [6.07, 6.45) is 9.99. The Morgan fingerprint density at radius 1 is 1.42 bits per heavy atom. The Bertz CT molecular complexity index is 202. The molecule has 0 amide bonds. The van der Waals surface area contributed by atoms with Crippen LogP contribution in [-0.4, -0.2) is 19.2 Å². The van der Waals surface area contributed by atoms with E-state index in [0.29, 0.717) is 6.04 Å². The fourth-order valence-electron chi connectivity index (χ4n) is 1.79. The maximum atomic E-state index is 5.11. The molecule has 0 aromatic heterocycles. The normalized spacial score (nSPS) is 29.3. The average molecular weight is 165 g/mol. The van der Waals surface area contributed by atoms with Gasteiger partial charge in [-0.1, -0.05) is 6.42 Å². The van der Waals surface area contributed by atoms with Gasteiger partial charge >= 0.3 is 0 Å². The van der Waals surface area contributed by atoms with Crippen LogP contribution in [0.25, 0.3) is 0 Å². The first-order chi connectivity index (χ1) is 5.97. The van der Waals surface area contributed by atoms with Gasteiger partial charge in [-0.2, -0.15) is 0 Å². The Balaban J connectivity index is 1.97. The Labute approximate surface area is 73.3 Å². The van der Waals surface area contributed by atoms with Crippen LogP contribution < -0.4 is 5.32 Å². The van der Waals surface area contributed by atoms with Crippen molar-refractivity contribution >= 4 is 0 Å². The van der Waals surface area contributed by atoms with Crippen molar-refractivity contribution in [3.05, 3.63) is 24.0 Å². The zero-order chi connectivity index (χ0) is 8.23. The van der Waals surface area contributed by atoms with Gasteiger partial charge in [-0.05, 0) is 37.1 Å². The van der Waals surface area contributed by atoms with Crippen molar-refractivity contribution in [2.24, 2.45) is 0 Å². The summed E-state index contributed by atoms with van der Waals surface area (Å²) in [4.78, 5) is 0. The predicted octanol–water partition coefficient (Wildman–Crippen LogP) is 1.60. The van der Waals surface area contributed by atoms with Crippen LogP contribution in [0.1, 0.15) is 19.3 Å². The summed E-state index contributed by atoms with van der Waals surface area (Å²) in [6.45, 7) is 1.90. The van der Waals surface area contributed by atoms with E-state index in [1.54, 1.807) is 6.26 Å². The molecule has 0 radical (unpaired) electrons. The van der Waals surface area contributed by atoms with Crippen LogP contribution in [0.2, 0.25) is 0 Å². The number of hydrogen-bond donors (Lipinski definition) is 1. The van der Waals surface area contributed by atoms with Crippen molar-refractivity contribution < 1.29 is 4.74 Å². The molecule has 66 valence electrons. The van der Waals surface area contributed by atoms with Gasteiger partial charge in [0, 0.05) is 6.04 Å². The van der Waals surface area contributed by atoms with Crippen molar-refractivity contribution in [1.29, 1.82) is 0 Å². The highest BCUT2D eigenvalue weighted by Gasteiger charge is 2.15. The Morgan fingerprint density at radius 2 is 2.42 bits per heavy atom. The molecule has 0 aromatic carbocycles. The second-order valence-electron chi connectivity index (χ2n) is 3.34. The van der Waals surface area contributed by atoms with Crippen LogP contribution in [-0.2, 0) is 4.74 Å². The van der Waals surface area contributed by atoms with Crippen LogP contribution >= 0.6 is 0 Å². The predicted molar refractivity (Wildman–Crippen MR) is 48.8 cm³/mol. The second kappa shape index (κ2) is 3.76. The molecule has 1 fully saturated rings. The minimum Gasteiger partial charge on any atom is -0.497 e. The third-order valence-electron chi connectivity index (χ3n) is 2.48. The third-order valence-corrected chi connectivity index (χ3v) is 2.48. The van der Waals surface area contributed by atoms with Crippen LogP contribution in [0, 0.1) is 0 Å². The van der Waals surface area contributed by atoms with Gasteiger partial charge in [0.05, 0.1) is 6.26 Å². The van der Waals surface area contributed by atoms with Crippen LogP contribution in [0.4, 0.5) is 0 Å². The van der Waals surface area contributed by atoms with Crippen molar-refractivity contribution in [3.63, 3.8) is 0 Å². The molecule has 2 heterocycles. The lowest BCUT2D eigenvalue weighted by Crippen LogP contribution is -2.35. The highest BCUT2D eigenvalue weighted by molar-refractivity contribution is 5.26. The molecule has 0 aliphatic carbocycles. The molecule has 2 heteroatoms. The Kier molecular flexibility index (Phi) is 2.47. The monoisotopic (exact) mass is 165 g/mol. The van der Waals surface area contributed by atoms with Gasteiger partial charge in [-0.15, -0.1) is 0 Å². The second-order valence-corrected chi connectivity index (χ2v) is 3.34. The summed E-state index contributed by atoms with van der Waals surface area (Å²) in [5.74, 6) is 0. The smallest absolute Gasteiger partial charge is 0.106 e. The molecular formula is C10H15NO. The topological polar surface area (TPSA) is 21.3 Å². The summed E-state index contributed by atoms with van der Waals surface area (Å²) in [5, 5.41) is 3.51. The standard InChI is InChI=1S/C10H15NO/c1-2-6-11-10(3-1)9-4-7-12-8-5-9/h4-5,7,10-11H,1-3,6,8H2. The van der Waals surface area contributed by atoms with Gasteiger partial charge in [0.25, 0.3) is 0 Å². The van der Waals surface area contributed by atoms with Gasteiger partial charge in [0.1, 0.15) is 6.61 Å². The number of ether oxygens (including phenoxy) is 1. The number of piperidine rings is 1. The SMILES string of the molecule is C1=CC(C2CCCCN2)=CCO1. The largest absolute Gasteiger partial charge is 0.497 e. The lowest BCUT2D eigenvalue weighted by molar-refractivity contribution is 0.281. The maximum absolute atomic E-state index is 5.11. The van der Waals surface area contributed by atoms with E-state index in [4.69, 9.17) is 4.74 Å². The Morgan fingerprint density at radius 3 is 3.08 bits per heavy atom. The molecule has 0 aromatic rings. The summed E-state index contributed by atoms with van der Waals surface area (Å²) >= 11 is 0. The van der Waals surface area contributed by atoms with Crippen molar-refractivity contribution in [2.75, 3.05) is 13.2 Å². The molecule has 1 N–H and O–H groups in total. The van der Waals surface area contributed by atoms with Crippen LogP contribution in [0.5, 0.6) is 0 Å². The molecule has 12 heavy (non-hydrogen) atoms. The average Bonchev–Trinajstić information content (AvgIpc) is 2.21. The maximum Gasteiger partial charge on any atom is 0.106 e. The summed E-state index contributed by atoms with van der Waals surface area (Å²) in [7, 11) is 0. The van der Waals surface area contributed by atoms with Gasteiger partial charge < -0.3 is 10.1 Å². The van der Waals surface area contributed by atoms with Gasteiger partial charge in [-0.3, -0.25) is 0 Å². The molecule has 0 spiro atoms. The number of hydrogen-bond acceptors (Lipinski definition) is 2. The highest BCUT2D eigenvalue weighted by atomic mass is 16.5. The fraction of sp³-hybridized carbons (Fsp3) is 0.600. The van der Waals surface area contributed by atoms with Crippen LogP contribution in [0.15, 0.2) is 24.0 Å². The molecule has 2 aliphatic rings. The van der Waals surface area contributed by atoms with E-state index in [2.05, 4.69) is 17.5 Å². The zero-order valence-electron chi connectivity index (χ0n) is 7.25. The van der Waals surface area contributed by atoms with E-state index in [9.17, 15) is 0 Å². The highest BCUT2D eigenvalue weighted by Crippen LogP contribution is 2.17. The molecule has 1 saturated heterocycles. The van der Waals surface area contributed by atoms with Crippen LogP contribution in [0.3, 0.4) is 0 Å². The van der Waals surface area contributed by atoms with Gasteiger partial charge in [0.2, 0.25) is 0 Å². The van der Waals surface area contributed by atoms with Crippen molar-refractivity contribution in [2.45, 2.75) is 25.3 Å². The molecule has 2 aliphatic heterocycles. The van der Waals surface area contributed by atoms with Gasteiger partial charge in [-0.25, -0.2) is 0 Å². The molecule has 2 rings (SSSR count). The minimum absolute atomic E-state index is 0.582. The van der Waals surface area contributed by atoms with E-state index in [1.165, 1.54) is 24.8 Å². The van der Waals surface area contributed by atoms with E-state index in [1.807, 2.05) is 0 Å². The Hall–Kier alpha value is -0.760. The molecule has 0 bridgehead atoms. The zero-order valence-corrected chi connectivity index (χ0v) is 7.25. The number of rotatable bonds is 1.